The number of nitrogens with one attached hydrogen (secondary N) is 1. The number of nitrogens with two attached hydrogens (primary N) is 1. The monoisotopic (exact) mass is 228 g/mol. The first kappa shape index (κ1) is 10.8. The van der Waals surface area contributed by atoms with E-state index in [1.807, 2.05) is 0 Å². The molecular weight excluding hydrogens is 208 g/mol. The Morgan fingerprint density at radius 2 is 2.12 bits per heavy atom. The average molecular weight is 228 g/mol. The van der Waals surface area contributed by atoms with Gasteiger partial charge in [-0.2, -0.15) is 0 Å². The molecule has 0 saturated heterocycles. The molecule has 0 radical (unpaired) electrons. The third-order valence-corrected chi connectivity index (χ3v) is 4.05. The third-order valence-electron chi connectivity index (χ3n) is 4.05. The van der Waals surface area contributed by atoms with Gasteiger partial charge in [0.25, 0.3) is 0 Å². The zero-order valence-electron chi connectivity index (χ0n) is 10.4. The highest BCUT2D eigenvalue weighted by molar-refractivity contribution is 5.86. The van der Waals surface area contributed by atoms with Gasteiger partial charge in [-0.25, -0.2) is 0 Å². The van der Waals surface area contributed by atoms with Crippen molar-refractivity contribution in [3.05, 3.63) is 35.5 Å². The molecule has 2 aromatic rings. The number of fused-ring (bicyclic) bond motifs is 1. The molecular formula is C15H20N2. The van der Waals surface area contributed by atoms with Crippen LogP contribution in [0.4, 0.5) is 0 Å². The Labute approximate surface area is 102 Å². The van der Waals surface area contributed by atoms with Crippen molar-refractivity contribution in [2.24, 2.45) is 5.73 Å². The number of benzene rings is 1. The summed E-state index contributed by atoms with van der Waals surface area (Å²) >= 11 is 0. The first-order valence-electron chi connectivity index (χ1n) is 6.58. The van der Waals surface area contributed by atoms with E-state index < -0.39 is 0 Å². The van der Waals surface area contributed by atoms with Crippen molar-refractivity contribution in [2.45, 2.75) is 44.6 Å². The van der Waals surface area contributed by atoms with Gasteiger partial charge in [-0.3, -0.25) is 0 Å². The number of hydrogen-bond acceptors (Lipinski definition) is 1. The second kappa shape index (κ2) is 3.88. The molecule has 0 amide bonds. The Bertz CT molecular complexity index is 535. The molecule has 2 heteroatoms. The molecule has 2 nitrogen and oxygen atoms in total. The van der Waals surface area contributed by atoms with Crippen LogP contribution in [0.25, 0.3) is 10.9 Å². The van der Waals surface area contributed by atoms with Gasteiger partial charge in [0.1, 0.15) is 0 Å². The molecule has 17 heavy (non-hydrogen) atoms. The number of aromatic amines is 1. The SMILES string of the molecule is CCc1cccc2c(CCC3(N)CC3)c[nH]c12. The van der Waals surface area contributed by atoms with E-state index in [9.17, 15) is 0 Å². The fourth-order valence-electron chi connectivity index (χ4n) is 2.57. The molecule has 1 heterocycles. The molecule has 90 valence electrons. The van der Waals surface area contributed by atoms with E-state index in [-0.39, 0.29) is 5.54 Å². The molecule has 0 atom stereocenters. The van der Waals surface area contributed by atoms with Crippen LogP contribution in [0.2, 0.25) is 0 Å². The van der Waals surface area contributed by atoms with Gasteiger partial charge < -0.3 is 10.7 Å². The van der Waals surface area contributed by atoms with Crippen LogP contribution < -0.4 is 5.73 Å². The summed E-state index contributed by atoms with van der Waals surface area (Å²) in [5.41, 5.74) is 10.5. The van der Waals surface area contributed by atoms with Gasteiger partial charge in [0, 0.05) is 22.6 Å². The fraction of sp³-hybridized carbons (Fsp3) is 0.467. The quantitative estimate of drug-likeness (QED) is 0.829. The van der Waals surface area contributed by atoms with Crippen molar-refractivity contribution in [1.82, 2.24) is 4.98 Å². The summed E-state index contributed by atoms with van der Waals surface area (Å²) < 4.78 is 0. The van der Waals surface area contributed by atoms with E-state index in [2.05, 4.69) is 36.3 Å². The molecule has 0 spiro atoms. The smallest absolute Gasteiger partial charge is 0.0489 e. The van der Waals surface area contributed by atoms with E-state index in [0.717, 1.165) is 19.3 Å². The van der Waals surface area contributed by atoms with Crippen LogP contribution >= 0.6 is 0 Å². The lowest BCUT2D eigenvalue weighted by Crippen LogP contribution is -2.21. The van der Waals surface area contributed by atoms with Gasteiger partial charge in [0.2, 0.25) is 0 Å². The predicted molar refractivity (Wildman–Crippen MR) is 72.2 cm³/mol. The fourth-order valence-corrected chi connectivity index (χ4v) is 2.57. The Kier molecular flexibility index (Phi) is 2.48. The first-order valence-corrected chi connectivity index (χ1v) is 6.58. The molecule has 3 rings (SSSR count). The van der Waals surface area contributed by atoms with E-state index in [1.165, 1.54) is 34.9 Å². The summed E-state index contributed by atoms with van der Waals surface area (Å²) in [6.07, 6.45) is 7.87. The number of aryl methyl sites for hydroxylation is 2. The summed E-state index contributed by atoms with van der Waals surface area (Å²) in [6, 6.07) is 6.58. The van der Waals surface area contributed by atoms with E-state index in [4.69, 9.17) is 5.73 Å². The normalized spacial score (nSPS) is 17.5. The lowest BCUT2D eigenvalue weighted by molar-refractivity contribution is 0.610. The van der Waals surface area contributed by atoms with Crippen molar-refractivity contribution in [2.75, 3.05) is 0 Å². The van der Waals surface area contributed by atoms with Crippen LogP contribution in [-0.4, -0.2) is 10.5 Å². The van der Waals surface area contributed by atoms with E-state index in [0.29, 0.717) is 0 Å². The second-order valence-corrected chi connectivity index (χ2v) is 5.37. The Hall–Kier alpha value is -1.28. The van der Waals surface area contributed by atoms with Gasteiger partial charge in [0.15, 0.2) is 0 Å². The van der Waals surface area contributed by atoms with Gasteiger partial charge in [-0.05, 0) is 43.2 Å². The number of para-hydroxylation sites is 1. The highest BCUT2D eigenvalue weighted by Gasteiger charge is 2.37. The summed E-state index contributed by atoms with van der Waals surface area (Å²) in [7, 11) is 0. The summed E-state index contributed by atoms with van der Waals surface area (Å²) in [6.45, 7) is 2.20. The van der Waals surface area contributed by atoms with Crippen LogP contribution in [0, 0.1) is 0 Å². The van der Waals surface area contributed by atoms with Gasteiger partial charge in [-0.1, -0.05) is 25.1 Å². The second-order valence-electron chi connectivity index (χ2n) is 5.37. The molecule has 3 N–H and O–H groups in total. The van der Waals surface area contributed by atoms with Crippen molar-refractivity contribution >= 4 is 10.9 Å². The minimum Gasteiger partial charge on any atom is -0.361 e. The Balaban J connectivity index is 1.89. The zero-order valence-corrected chi connectivity index (χ0v) is 10.4. The molecule has 1 aromatic carbocycles. The minimum absolute atomic E-state index is 0.159. The highest BCUT2D eigenvalue weighted by atomic mass is 14.8. The van der Waals surface area contributed by atoms with E-state index in [1.54, 1.807) is 0 Å². The lowest BCUT2D eigenvalue weighted by atomic mass is 10.0. The standard InChI is InChI=1S/C15H20N2/c1-2-11-4-3-5-13-12(10-17-14(11)13)6-7-15(16)8-9-15/h3-5,10,17H,2,6-9,16H2,1H3. The van der Waals surface area contributed by atoms with E-state index >= 15 is 0 Å². The maximum atomic E-state index is 6.15. The summed E-state index contributed by atoms with van der Waals surface area (Å²) in [5.74, 6) is 0. The highest BCUT2D eigenvalue weighted by Crippen LogP contribution is 2.37. The molecule has 1 aromatic heterocycles. The number of rotatable bonds is 4. The number of aromatic nitrogens is 1. The molecule has 1 fully saturated rings. The third kappa shape index (κ3) is 1.98. The van der Waals surface area contributed by atoms with Crippen molar-refractivity contribution in [3.8, 4) is 0 Å². The maximum Gasteiger partial charge on any atom is 0.0489 e. The van der Waals surface area contributed by atoms with Crippen LogP contribution in [0.5, 0.6) is 0 Å². The van der Waals surface area contributed by atoms with Crippen LogP contribution in [0.1, 0.15) is 37.3 Å². The van der Waals surface area contributed by atoms with Crippen molar-refractivity contribution in [3.63, 3.8) is 0 Å². The lowest BCUT2D eigenvalue weighted by Gasteiger charge is -2.07. The minimum atomic E-state index is 0.159. The Morgan fingerprint density at radius 3 is 2.82 bits per heavy atom. The molecule has 1 aliphatic rings. The molecule has 1 saturated carbocycles. The van der Waals surface area contributed by atoms with Crippen LogP contribution in [0.3, 0.4) is 0 Å². The average Bonchev–Trinajstić information content (AvgIpc) is 2.93. The Morgan fingerprint density at radius 1 is 1.29 bits per heavy atom. The number of H-pyrrole nitrogens is 1. The molecule has 0 unspecified atom stereocenters. The molecule has 0 aliphatic heterocycles. The maximum absolute atomic E-state index is 6.15. The molecule has 0 bridgehead atoms. The predicted octanol–water partition coefficient (Wildman–Crippen LogP) is 3.15. The summed E-state index contributed by atoms with van der Waals surface area (Å²) in [5, 5.41) is 1.38. The first-order chi connectivity index (χ1) is 8.22. The largest absolute Gasteiger partial charge is 0.361 e. The van der Waals surface area contributed by atoms with Crippen LogP contribution in [0.15, 0.2) is 24.4 Å². The zero-order chi connectivity index (χ0) is 11.9. The van der Waals surface area contributed by atoms with Gasteiger partial charge in [0.05, 0.1) is 0 Å². The van der Waals surface area contributed by atoms with Crippen LogP contribution in [-0.2, 0) is 12.8 Å². The van der Waals surface area contributed by atoms with Crippen molar-refractivity contribution in [1.29, 1.82) is 0 Å². The van der Waals surface area contributed by atoms with Crippen molar-refractivity contribution < 1.29 is 0 Å². The number of hydrogen-bond donors (Lipinski definition) is 2. The topological polar surface area (TPSA) is 41.8 Å². The van der Waals surface area contributed by atoms with Gasteiger partial charge >= 0.3 is 0 Å². The van der Waals surface area contributed by atoms with Gasteiger partial charge in [-0.15, -0.1) is 0 Å². The summed E-state index contributed by atoms with van der Waals surface area (Å²) in [4.78, 5) is 3.42. The molecule has 1 aliphatic carbocycles.